The van der Waals surface area contributed by atoms with E-state index >= 15 is 0 Å². The molecule has 0 aliphatic heterocycles. The second-order valence-corrected chi connectivity index (χ2v) is 6.20. The Labute approximate surface area is 121 Å². The molecule has 0 spiro atoms. The quantitative estimate of drug-likeness (QED) is 0.917. The van der Waals surface area contributed by atoms with Crippen molar-refractivity contribution in [3.05, 3.63) is 29.6 Å². The van der Waals surface area contributed by atoms with E-state index in [4.69, 9.17) is 4.74 Å². The Morgan fingerprint density at radius 2 is 2.20 bits per heavy atom. The topological polar surface area (TPSA) is 42.4 Å². The molecule has 1 aromatic heterocycles. The zero-order chi connectivity index (χ0) is 14.0. The van der Waals surface area contributed by atoms with Crippen LogP contribution in [0.5, 0.6) is 0 Å². The van der Waals surface area contributed by atoms with Gasteiger partial charge in [-0.1, -0.05) is 18.9 Å². The van der Waals surface area contributed by atoms with Crippen LogP contribution in [0, 0.1) is 0 Å². The highest BCUT2D eigenvalue weighted by atomic mass is 16.5. The van der Waals surface area contributed by atoms with Crippen molar-refractivity contribution in [2.75, 3.05) is 6.61 Å². The maximum atomic E-state index is 11.0. The summed E-state index contributed by atoms with van der Waals surface area (Å²) < 4.78 is 6.04. The van der Waals surface area contributed by atoms with Gasteiger partial charge in [-0.3, -0.25) is 4.98 Å². The third kappa shape index (κ3) is 2.38. The molecule has 3 nitrogen and oxygen atoms in total. The summed E-state index contributed by atoms with van der Waals surface area (Å²) in [5, 5.41) is 11.0. The van der Waals surface area contributed by atoms with Gasteiger partial charge in [0, 0.05) is 24.4 Å². The number of aliphatic hydroxyl groups excluding tert-OH is 1. The van der Waals surface area contributed by atoms with Gasteiger partial charge in [0.1, 0.15) is 0 Å². The molecule has 2 unspecified atom stereocenters. The molecule has 3 heteroatoms. The second kappa shape index (κ2) is 5.82. The van der Waals surface area contributed by atoms with Gasteiger partial charge in [0.15, 0.2) is 0 Å². The van der Waals surface area contributed by atoms with Gasteiger partial charge in [0.05, 0.1) is 11.7 Å². The van der Waals surface area contributed by atoms with Gasteiger partial charge in [0.25, 0.3) is 0 Å². The van der Waals surface area contributed by atoms with E-state index in [1.54, 1.807) is 0 Å². The van der Waals surface area contributed by atoms with E-state index in [1.807, 2.05) is 19.2 Å². The molecule has 20 heavy (non-hydrogen) atoms. The van der Waals surface area contributed by atoms with E-state index in [0.29, 0.717) is 6.61 Å². The lowest BCUT2D eigenvalue weighted by atomic mass is 9.76. The number of aryl methyl sites for hydroxylation is 1. The highest BCUT2D eigenvalue weighted by molar-refractivity contribution is 5.28. The van der Waals surface area contributed by atoms with Crippen molar-refractivity contribution >= 4 is 0 Å². The van der Waals surface area contributed by atoms with Crippen molar-refractivity contribution < 1.29 is 9.84 Å². The molecular formula is C17H25NO2. The molecular weight excluding hydrogens is 250 g/mol. The summed E-state index contributed by atoms with van der Waals surface area (Å²) in [4.78, 5) is 4.57. The van der Waals surface area contributed by atoms with Crippen LogP contribution in [0.3, 0.4) is 0 Å². The summed E-state index contributed by atoms with van der Waals surface area (Å²) in [6, 6.07) is 4.16. The summed E-state index contributed by atoms with van der Waals surface area (Å²) in [5.74, 6) is 0.143. The highest BCUT2D eigenvalue weighted by Crippen LogP contribution is 2.44. The van der Waals surface area contributed by atoms with Crippen molar-refractivity contribution in [2.45, 2.75) is 69.5 Å². The number of hydrogen-bond donors (Lipinski definition) is 1. The molecule has 2 aliphatic carbocycles. The maximum Gasteiger partial charge on any atom is 0.0946 e. The van der Waals surface area contributed by atoms with Crippen LogP contribution < -0.4 is 0 Å². The molecule has 1 heterocycles. The standard InChI is InChI=1S/C17H25NO2/c1-2-20-17(10-3-4-11-17)16(19)14-9-5-7-13-8-6-12-18-15(13)14/h6,8,12,14,16,19H,2-5,7,9-11H2,1H3. The molecule has 0 bridgehead atoms. The average Bonchev–Trinajstić information content (AvgIpc) is 2.96. The first-order valence-electron chi connectivity index (χ1n) is 8.02. The summed E-state index contributed by atoms with van der Waals surface area (Å²) in [7, 11) is 0. The number of nitrogens with zero attached hydrogens (tertiary/aromatic N) is 1. The van der Waals surface area contributed by atoms with Gasteiger partial charge >= 0.3 is 0 Å². The van der Waals surface area contributed by atoms with Gasteiger partial charge in [0.2, 0.25) is 0 Å². The lowest BCUT2D eigenvalue weighted by Crippen LogP contribution is -2.47. The van der Waals surface area contributed by atoms with E-state index in [-0.39, 0.29) is 11.5 Å². The lowest BCUT2D eigenvalue weighted by Gasteiger charge is -2.40. The van der Waals surface area contributed by atoms with Crippen molar-refractivity contribution in [2.24, 2.45) is 0 Å². The normalized spacial score (nSPS) is 26.2. The van der Waals surface area contributed by atoms with Crippen molar-refractivity contribution in [1.29, 1.82) is 0 Å². The van der Waals surface area contributed by atoms with Crippen LogP contribution in [-0.4, -0.2) is 28.4 Å². The van der Waals surface area contributed by atoms with Crippen molar-refractivity contribution in [1.82, 2.24) is 4.98 Å². The molecule has 0 aromatic carbocycles. The fourth-order valence-corrected chi connectivity index (χ4v) is 4.11. The predicted octanol–water partition coefficient (Wildman–Crippen LogP) is 3.21. The Hall–Kier alpha value is -0.930. The summed E-state index contributed by atoms with van der Waals surface area (Å²) in [6.07, 6.45) is 9.00. The second-order valence-electron chi connectivity index (χ2n) is 6.20. The van der Waals surface area contributed by atoms with Crippen LogP contribution >= 0.6 is 0 Å². The Balaban J connectivity index is 1.89. The van der Waals surface area contributed by atoms with E-state index in [2.05, 4.69) is 11.1 Å². The third-order valence-electron chi connectivity index (χ3n) is 5.04. The number of aromatic nitrogens is 1. The van der Waals surface area contributed by atoms with Crippen molar-refractivity contribution in [3.63, 3.8) is 0 Å². The SMILES string of the molecule is CCOC1(C(O)C2CCCc3cccnc32)CCCC1. The van der Waals surface area contributed by atoms with E-state index in [1.165, 1.54) is 18.4 Å². The predicted molar refractivity (Wildman–Crippen MR) is 78.7 cm³/mol. The van der Waals surface area contributed by atoms with Crippen LogP contribution in [0.25, 0.3) is 0 Å². The fourth-order valence-electron chi connectivity index (χ4n) is 4.11. The van der Waals surface area contributed by atoms with Gasteiger partial charge in [-0.25, -0.2) is 0 Å². The minimum Gasteiger partial charge on any atom is -0.389 e. The molecule has 2 aliphatic rings. The first-order chi connectivity index (χ1) is 9.77. The smallest absolute Gasteiger partial charge is 0.0946 e. The molecule has 1 saturated carbocycles. The molecule has 1 aromatic rings. The maximum absolute atomic E-state index is 11.0. The Morgan fingerprint density at radius 1 is 1.40 bits per heavy atom. The van der Waals surface area contributed by atoms with E-state index in [9.17, 15) is 5.11 Å². The van der Waals surface area contributed by atoms with Gasteiger partial charge < -0.3 is 9.84 Å². The Morgan fingerprint density at radius 3 is 2.95 bits per heavy atom. The molecule has 2 atom stereocenters. The summed E-state index contributed by atoms with van der Waals surface area (Å²) >= 11 is 0. The first kappa shape index (κ1) is 14.0. The molecule has 0 saturated heterocycles. The number of aliphatic hydroxyl groups is 1. The molecule has 110 valence electrons. The first-order valence-corrected chi connectivity index (χ1v) is 8.02. The number of hydrogen-bond acceptors (Lipinski definition) is 3. The van der Waals surface area contributed by atoms with Gasteiger partial charge in [-0.2, -0.15) is 0 Å². The lowest BCUT2D eigenvalue weighted by molar-refractivity contribution is -0.126. The Kier molecular flexibility index (Phi) is 4.08. The van der Waals surface area contributed by atoms with Crippen LogP contribution in [0.15, 0.2) is 18.3 Å². The summed E-state index contributed by atoms with van der Waals surface area (Å²) in [5.41, 5.74) is 2.09. The number of pyridine rings is 1. The summed E-state index contributed by atoms with van der Waals surface area (Å²) in [6.45, 7) is 2.71. The fraction of sp³-hybridized carbons (Fsp3) is 0.706. The van der Waals surface area contributed by atoms with Crippen LogP contribution in [-0.2, 0) is 11.2 Å². The van der Waals surface area contributed by atoms with Gasteiger partial charge in [-0.15, -0.1) is 0 Å². The Bertz CT molecular complexity index is 454. The molecule has 1 N–H and O–H groups in total. The highest BCUT2D eigenvalue weighted by Gasteiger charge is 2.46. The van der Waals surface area contributed by atoms with E-state index in [0.717, 1.165) is 37.8 Å². The van der Waals surface area contributed by atoms with Crippen LogP contribution in [0.1, 0.15) is 62.6 Å². The number of rotatable bonds is 4. The monoisotopic (exact) mass is 275 g/mol. The number of fused-ring (bicyclic) bond motifs is 1. The zero-order valence-electron chi connectivity index (χ0n) is 12.3. The van der Waals surface area contributed by atoms with Gasteiger partial charge in [-0.05, 0) is 50.7 Å². The molecule has 1 fully saturated rings. The number of ether oxygens (including phenoxy) is 1. The van der Waals surface area contributed by atoms with Crippen LogP contribution in [0.2, 0.25) is 0 Å². The van der Waals surface area contributed by atoms with Crippen molar-refractivity contribution in [3.8, 4) is 0 Å². The minimum atomic E-state index is -0.418. The third-order valence-corrected chi connectivity index (χ3v) is 5.04. The minimum absolute atomic E-state index is 0.143. The molecule has 0 amide bonds. The average molecular weight is 275 g/mol. The largest absolute Gasteiger partial charge is 0.389 e. The van der Waals surface area contributed by atoms with E-state index < -0.39 is 6.10 Å². The molecule has 3 rings (SSSR count). The zero-order valence-corrected chi connectivity index (χ0v) is 12.3. The van der Waals surface area contributed by atoms with Crippen LogP contribution in [0.4, 0.5) is 0 Å². The molecule has 0 radical (unpaired) electrons.